The van der Waals surface area contributed by atoms with E-state index in [-0.39, 0.29) is 6.04 Å². The highest BCUT2D eigenvalue weighted by Gasteiger charge is 2.00. The number of rotatable bonds is 1. The van der Waals surface area contributed by atoms with E-state index in [1.165, 1.54) is 0 Å². The van der Waals surface area contributed by atoms with Gasteiger partial charge in [-0.25, -0.2) is 4.98 Å². The van der Waals surface area contributed by atoms with Gasteiger partial charge in [0.25, 0.3) is 0 Å². The number of nitrogens with zero attached hydrogens (tertiary/aromatic N) is 1. The fourth-order valence-corrected chi connectivity index (χ4v) is 0.791. The van der Waals surface area contributed by atoms with Crippen LogP contribution in [-0.2, 0) is 0 Å². The zero-order chi connectivity index (χ0) is 7.56. The maximum atomic E-state index is 5.58. The molecule has 10 heavy (non-hydrogen) atoms. The van der Waals surface area contributed by atoms with Gasteiger partial charge in [-0.3, -0.25) is 0 Å². The number of hydrogen-bond donors (Lipinski definition) is 1. The van der Waals surface area contributed by atoms with Crippen molar-refractivity contribution in [1.29, 1.82) is 0 Å². The van der Waals surface area contributed by atoms with Crippen LogP contribution in [0.2, 0.25) is 5.15 Å². The molecule has 0 unspecified atom stereocenters. The molecule has 3 N–H and O–H groups in total. The van der Waals surface area contributed by atoms with Crippen LogP contribution in [0.1, 0.15) is 18.5 Å². The standard InChI is InChI=1S/C7H9ClN2/c1-5(9)6-2-3-7(8)10-4-6/h2-5H,9H2,1H3/p+1/t5-/m1/s1. The van der Waals surface area contributed by atoms with Gasteiger partial charge in [-0.05, 0) is 19.1 Å². The molecule has 1 heterocycles. The summed E-state index contributed by atoms with van der Waals surface area (Å²) in [7, 11) is 0. The zero-order valence-electron chi connectivity index (χ0n) is 5.84. The van der Waals surface area contributed by atoms with E-state index >= 15 is 0 Å². The van der Waals surface area contributed by atoms with Crippen LogP contribution in [0.15, 0.2) is 18.3 Å². The smallest absolute Gasteiger partial charge is 0.129 e. The molecule has 0 bridgehead atoms. The highest BCUT2D eigenvalue weighted by molar-refractivity contribution is 6.29. The average Bonchev–Trinajstić information content (AvgIpc) is 1.88. The summed E-state index contributed by atoms with van der Waals surface area (Å²) in [5, 5.41) is 0.532. The van der Waals surface area contributed by atoms with Crippen molar-refractivity contribution in [3.8, 4) is 0 Å². The Morgan fingerprint density at radius 2 is 2.30 bits per heavy atom. The van der Waals surface area contributed by atoms with Crippen molar-refractivity contribution in [2.45, 2.75) is 13.0 Å². The lowest BCUT2D eigenvalue weighted by Gasteiger charge is -1.99. The van der Waals surface area contributed by atoms with Gasteiger partial charge in [-0.1, -0.05) is 11.6 Å². The van der Waals surface area contributed by atoms with Crippen molar-refractivity contribution in [1.82, 2.24) is 4.98 Å². The summed E-state index contributed by atoms with van der Waals surface area (Å²) in [6.07, 6.45) is 1.75. The summed E-state index contributed by atoms with van der Waals surface area (Å²) < 4.78 is 0. The van der Waals surface area contributed by atoms with E-state index in [0.29, 0.717) is 5.15 Å². The predicted molar refractivity (Wildman–Crippen MR) is 40.6 cm³/mol. The maximum Gasteiger partial charge on any atom is 0.129 e. The molecule has 0 saturated heterocycles. The molecule has 0 aliphatic carbocycles. The van der Waals surface area contributed by atoms with E-state index in [0.717, 1.165) is 5.56 Å². The first-order chi connectivity index (χ1) is 4.70. The van der Waals surface area contributed by atoms with E-state index in [9.17, 15) is 0 Å². The molecule has 0 radical (unpaired) electrons. The predicted octanol–water partition coefficient (Wildman–Crippen LogP) is 1.04. The Hall–Kier alpha value is -0.600. The fraction of sp³-hybridized carbons (Fsp3) is 0.286. The van der Waals surface area contributed by atoms with Gasteiger partial charge in [-0.2, -0.15) is 0 Å². The van der Waals surface area contributed by atoms with Crippen molar-refractivity contribution in [3.05, 3.63) is 29.0 Å². The molecule has 0 amide bonds. The minimum Gasteiger partial charge on any atom is -0.352 e. The van der Waals surface area contributed by atoms with Gasteiger partial charge in [0, 0.05) is 11.8 Å². The SMILES string of the molecule is C[C@@H]([NH3+])c1ccc(Cl)nc1. The second-order valence-electron chi connectivity index (χ2n) is 2.32. The highest BCUT2D eigenvalue weighted by atomic mass is 35.5. The Balaban J connectivity index is 2.89. The topological polar surface area (TPSA) is 40.5 Å². The van der Waals surface area contributed by atoms with Crippen molar-refractivity contribution in [2.24, 2.45) is 0 Å². The van der Waals surface area contributed by atoms with Crippen molar-refractivity contribution in [3.63, 3.8) is 0 Å². The summed E-state index contributed by atoms with van der Waals surface area (Å²) in [6.45, 7) is 2.02. The average molecular weight is 158 g/mol. The number of quaternary nitrogens is 1. The summed E-state index contributed by atoms with van der Waals surface area (Å²) in [5.74, 6) is 0. The second kappa shape index (κ2) is 2.99. The largest absolute Gasteiger partial charge is 0.352 e. The molecule has 0 aromatic carbocycles. The van der Waals surface area contributed by atoms with Crippen molar-refractivity contribution >= 4 is 11.6 Å². The van der Waals surface area contributed by atoms with E-state index in [2.05, 4.69) is 10.7 Å². The normalized spacial score (nSPS) is 13.1. The van der Waals surface area contributed by atoms with Gasteiger partial charge in [0.15, 0.2) is 0 Å². The molecule has 1 rings (SSSR count). The molecule has 0 aliphatic rings. The minimum atomic E-state index is 0.282. The Morgan fingerprint density at radius 3 is 2.70 bits per heavy atom. The lowest BCUT2D eigenvalue weighted by atomic mass is 10.2. The molecule has 0 spiro atoms. The zero-order valence-corrected chi connectivity index (χ0v) is 6.60. The fourth-order valence-electron chi connectivity index (χ4n) is 0.679. The van der Waals surface area contributed by atoms with Crippen molar-refractivity contribution < 1.29 is 5.73 Å². The third kappa shape index (κ3) is 1.69. The first-order valence-electron chi connectivity index (χ1n) is 3.14. The second-order valence-corrected chi connectivity index (χ2v) is 2.70. The highest BCUT2D eigenvalue weighted by Crippen LogP contribution is 2.08. The van der Waals surface area contributed by atoms with E-state index in [1.807, 2.05) is 13.0 Å². The molecule has 0 saturated carbocycles. The van der Waals surface area contributed by atoms with Gasteiger partial charge in [-0.15, -0.1) is 0 Å². The van der Waals surface area contributed by atoms with Gasteiger partial charge < -0.3 is 5.73 Å². The molecular formula is C7H10ClN2+. The summed E-state index contributed by atoms with van der Waals surface area (Å²) in [6, 6.07) is 4.00. The lowest BCUT2D eigenvalue weighted by molar-refractivity contribution is -0.420. The van der Waals surface area contributed by atoms with Crippen LogP contribution in [0.25, 0.3) is 0 Å². The molecule has 1 aromatic heterocycles. The molecule has 1 aromatic rings. The van der Waals surface area contributed by atoms with E-state index < -0.39 is 0 Å². The van der Waals surface area contributed by atoms with E-state index in [4.69, 9.17) is 11.6 Å². The molecule has 1 atom stereocenters. The van der Waals surface area contributed by atoms with Gasteiger partial charge in [0.1, 0.15) is 11.2 Å². The summed E-state index contributed by atoms with van der Waals surface area (Å²) in [5.41, 5.74) is 4.97. The molecule has 54 valence electrons. The Kier molecular flexibility index (Phi) is 2.25. The van der Waals surface area contributed by atoms with Crippen LogP contribution < -0.4 is 5.73 Å². The third-order valence-corrected chi connectivity index (χ3v) is 1.54. The van der Waals surface area contributed by atoms with Crippen LogP contribution in [0, 0.1) is 0 Å². The number of pyridine rings is 1. The van der Waals surface area contributed by atoms with Gasteiger partial charge >= 0.3 is 0 Å². The van der Waals surface area contributed by atoms with E-state index in [1.54, 1.807) is 12.3 Å². The first kappa shape index (κ1) is 7.51. The Bertz CT molecular complexity index is 205. The quantitative estimate of drug-likeness (QED) is 0.608. The van der Waals surface area contributed by atoms with Gasteiger partial charge in [0.2, 0.25) is 0 Å². The van der Waals surface area contributed by atoms with Gasteiger partial charge in [0.05, 0.1) is 0 Å². The summed E-state index contributed by atoms with van der Waals surface area (Å²) in [4.78, 5) is 3.93. The van der Waals surface area contributed by atoms with Crippen LogP contribution in [-0.4, -0.2) is 4.98 Å². The van der Waals surface area contributed by atoms with Crippen LogP contribution in [0.5, 0.6) is 0 Å². The molecule has 0 fully saturated rings. The number of hydrogen-bond acceptors (Lipinski definition) is 1. The Labute approximate surface area is 65.0 Å². The summed E-state index contributed by atoms with van der Waals surface area (Å²) >= 11 is 5.58. The Morgan fingerprint density at radius 1 is 1.60 bits per heavy atom. The molecule has 3 heteroatoms. The van der Waals surface area contributed by atoms with Crippen LogP contribution in [0.3, 0.4) is 0 Å². The lowest BCUT2D eigenvalue weighted by Crippen LogP contribution is -2.51. The van der Waals surface area contributed by atoms with Crippen molar-refractivity contribution in [2.75, 3.05) is 0 Å². The molecular weight excluding hydrogens is 148 g/mol. The first-order valence-corrected chi connectivity index (χ1v) is 3.52. The molecule has 2 nitrogen and oxygen atoms in total. The monoisotopic (exact) mass is 157 g/mol. The number of halogens is 1. The number of aromatic nitrogens is 1. The molecule has 0 aliphatic heterocycles. The minimum absolute atomic E-state index is 0.282. The third-order valence-electron chi connectivity index (χ3n) is 1.32. The van der Waals surface area contributed by atoms with Crippen LogP contribution in [0.4, 0.5) is 0 Å². The van der Waals surface area contributed by atoms with Crippen LogP contribution >= 0.6 is 11.6 Å². The maximum absolute atomic E-state index is 5.58.